The molecule has 0 aromatic heterocycles. The third-order valence-corrected chi connectivity index (χ3v) is 4.10. The van der Waals surface area contributed by atoms with Crippen LogP contribution < -0.4 is 15.5 Å². The molecule has 1 aromatic carbocycles. The number of urea groups is 1. The first-order chi connectivity index (χ1) is 11.0. The number of imide groups is 1. The van der Waals surface area contributed by atoms with Crippen molar-refractivity contribution in [1.29, 1.82) is 0 Å². The van der Waals surface area contributed by atoms with Gasteiger partial charge in [0.1, 0.15) is 25.3 Å². The van der Waals surface area contributed by atoms with E-state index < -0.39 is 6.03 Å². The fourth-order valence-corrected chi connectivity index (χ4v) is 2.90. The quantitative estimate of drug-likeness (QED) is 0.736. The number of morpholine rings is 1. The lowest BCUT2D eigenvalue weighted by Gasteiger charge is -2.35. The topological polar surface area (TPSA) is 71.9 Å². The second-order valence-electron chi connectivity index (χ2n) is 6.20. The van der Waals surface area contributed by atoms with Crippen molar-refractivity contribution in [2.75, 3.05) is 13.1 Å². The minimum Gasteiger partial charge on any atom is -0.364 e. The number of quaternary nitrogens is 1. The van der Waals surface area contributed by atoms with Crippen LogP contribution in [0.1, 0.15) is 26.3 Å². The number of amides is 3. The van der Waals surface area contributed by atoms with Gasteiger partial charge in [0, 0.05) is 6.54 Å². The molecule has 3 N–H and O–H groups in total. The molecule has 1 fully saturated rings. The van der Waals surface area contributed by atoms with Gasteiger partial charge in [-0.2, -0.15) is 0 Å². The van der Waals surface area contributed by atoms with Gasteiger partial charge >= 0.3 is 6.03 Å². The summed E-state index contributed by atoms with van der Waals surface area (Å²) in [6, 6.07) is 8.84. The van der Waals surface area contributed by atoms with Crippen molar-refractivity contribution >= 4 is 11.9 Å². The van der Waals surface area contributed by atoms with Crippen LogP contribution in [0.15, 0.2) is 30.3 Å². The Morgan fingerprint density at radius 1 is 1.22 bits per heavy atom. The van der Waals surface area contributed by atoms with Crippen molar-refractivity contribution in [3.8, 4) is 0 Å². The van der Waals surface area contributed by atoms with Crippen LogP contribution in [0.5, 0.6) is 0 Å². The van der Waals surface area contributed by atoms with Gasteiger partial charge in [0.25, 0.3) is 5.91 Å². The molecule has 1 heterocycles. The molecule has 1 saturated heterocycles. The van der Waals surface area contributed by atoms with Crippen LogP contribution in [0.2, 0.25) is 0 Å². The van der Waals surface area contributed by atoms with Crippen molar-refractivity contribution < 1.29 is 19.2 Å². The van der Waals surface area contributed by atoms with E-state index in [4.69, 9.17) is 4.74 Å². The molecule has 3 amide bonds. The summed E-state index contributed by atoms with van der Waals surface area (Å²) in [5.41, 5.74) is 0.990. The highest BCUT2D eigenvalue weighted by atomic mass is 16.5. The molecule has 6 heteroatoms. The van der Waals surface area contributed by atoms with Crippen LogP contribution in [0.25, 0.3) is 0 Å². The molecule has 2 rings (SSSR count). The second-order valence-corrected chi connectivity index (χ2v) is 6.20. The van der Waals surface area contributed by atoms with Gasteiger partial charge in [-0.1, -0.05) is 30.3 Å². The second kappa shape index (κ2) is 8.08. The number of carbonyl (C=O) groups excluding carboxylic acids is 2. The predicted molar refractivity (Wildman–Crippen MR) is 87.0 cm³/mol. The average molecular weight is 320 g/mol. The lowest BCUT2D eigenvalue weighted by Crippen LogP contribution is -3.19. The van der Waals surface area contributed by atoms with E-state index in [0.717, 1.165) is 23.6 Å². The minimum atomic E-state index is -0.459. The molecule has 1 aromatic rings. The van der Waals surface area contributed by atoms with E-state index in [1.54, 1.807) is 0 Å². The first-order valence-corrected chi connectivity index (χ1v) is 8.08. The zero-order valence-electron chi connectivity index (χ0n) is 14.0. The summed E-state index contributed by atoms with van der Waals surface area (Å²) in [6.07, 6.45) is 0.242. The van der Waals surface area contributed by atoms with Crippen molar-refractivity contribution in [1.82, 2.24) is 10.6 Å². The molecule has 23 heavy (non-hydrogen) atoms. The van der Waals surface area contributed by atoms with Crippen LogP contribution in [-0.4, -0.2) is 43.3 Å². The number of ether oxygens (including phenoxy) is 1. The van der Waals surface area contributed by atoms with Crippen molar-refractivity contribution in [2.45, 2.75) is 45.6 Å². The van der Waals surface area contributed by atoms with E-state index in [0.29, 0.717) is 6.54 Å². The van der Waals surface area contributed by atoms with Crippen LogP contribution in [0, 0.1) is 0 Å². The van der Waals surface area contributed by atoms with E-state index in [2.05, 4.69) is 10.6 Å². The summed E-state index contributed by atoms with van der Waals surface area (Å²) < 4.78 is 5.68. The van der Waals surface area contributed by atoms with Gasteiger partial charge < -0.3 is 15.0 Å². The van der Waals surface area contributed by atoms with E-state index in [9.17, 15) is 9.59 Å². The van der Waals surface area contributed by atoms with Gasteiger partial charge in [-0.25, -0.2) is 4.79 Å². The highest BCUT2D eigenvalue weighted by Crippen LogP contribution is 2.00. The zero-order chi connectivity index (χ0) is 16.8. The Kier molecular flexibility index (Phi) is 6.12. The maximum atomic E-state index is 12.2. The molecule has 0 bridgehead atoms. The molecule has 0 aliphatic carbocycles. The predicted octanol–water partition coefficient (Wildman–Crippen LogP) is 0.0930. The van der Waals surface area contributed by atoms with Gasteiger partial charge in [-0.15, -0.1) is 0 Å². The minimum absolute atomic E-state index is 0.121. The molecule has 0 radical (unpaired) electrons. The molecule has 126 valence electrons. The molecule has 1 unspecified atom stereocenters. The number of carbonyl (C=O) groups is 2. The molecule has 1 aliphatic rings. The zero-order valence-corrected chi connectivity index (χ0v) is 14.0. The van der Waals surface area contributed by atoms with E-state index in [-0.39, 0.29) is 24.2 Å². The molecular formula is C17H26N3O3+. The van der Waals surface area contributed by atoms with Gasteiger partial charge in [0.15, 0.2) is 6.04 Å². The molecule has 4 atom stereocenters. The number of nitrogens with one attached hydrogen (secondary N) is 3. The Labute approximate surface area is 137 Å². The number of hydrogen-bond donors (Lipinski definition) is 3. The first-order valence-electron chi connectivity index (χ1n) is 8.08. The Bertz CT molecular complexity index is 525. The maximum absolute atomic E-state index is 12.2. The third kappa shape index (κ3) is 5.33. The Morgan fingerprint density at radius 2 is 1.83 bits per heavy atom. The first kappa shape index (κ1) is 17.4. The molecule has 1 aliphatic heterocycles. The highest BCUT2D eigenvalue weighted by molar-refractivity contribution is 5.96. The van der Waals surface area contributed by atoms with Crippen LogP contribution >= 0.6 is 0 Å². The van der Waals surface area contributed by atoms with Gasteiger partial charge in [-0.3, -0.25) is 10.1 Å². The summed E-state index contributed by atoms with van der Waals surface area (Å²) in [5.74, 6) is -0.258. The van der Waals surface area contributed by atoms with E-state index >= 15 is 0 Å². The summed E-state index contributed by atoms with van der Waals surface area (Å²) in [4.78, 5) is 25.3. The van der Waals surface area contributed by atoms with E-state index in [1.165, 1.54) is 0 Å². The summed E-state index contributed by atoms with van der Waals surface area (Å²) in [7, 11) is 0. The fraction of sp³-hybridized carbons (Fsp3) is 0.529. The lowest BCUT2D eigenvalue weighted by atomic mass is 10.1. The van der Waals surface area contributed by atoms with Crippen LogP contribution in [0.4, 0.5) is 4.79 Å². The van der Waals surface area contributed by atoms with Crippen molar-refractivity contribution in [3.05, 3.63) is 35.9 Å². The Hall–Kier alpha value is -1.92. The molecule has 0 saturated carbocycles. The van der Waals surface area contributed by atoms with Gasteiger partial charge in [0.2, 0.25) is 0 Å². The highest BCUT2D eigenvalue weighted by Gasteiger charge is 2.33. The van der Waals surface area contributed by atoms with E-state index in [1.807, 2.05) is 51.1 Å². The summed E-state index contributed by atoms with van der Waals surface area (Å²) in [5, 5.41) is 5.13. The lowest BCUT2D eigenvalue weighted by molar-refractivity contribution is -0.928. The summed E-state index contributed by atoms with van der Waals surface area (Å²) in [6.45, 7) is 7.79. The smallest absolute Gasteiger partial charge is 0.321 e. The fourth-order valence-electron chi connectivity index (χ4n) is 2.90. The number of benzene rings is 1. The number of rotatable bonds is 4. The largest absolute Gasteiger partial charge is 0.364 e. The third-order valence-electron chi connectivity index (χ3n) is 4.10. The monoisotopic (exact) mass is 320 g/mol. The summed E-state index contributed by atoms with van der Waals surface area (Å²) >= 11 is 0. The standard InChI is InChI=1S/C17H25N3O3/c1-12-10-20(11-13(2)23-12)14(3)16(21)19-17(22)18-9-15-7-5-4-6-8-15/h4-8,12-14H,9-11H2,1-3H3,(H2,18,19,21,22)/p+1/t12-,13+,14-/m0/s1. The Balaban J connectivity index is 1.79. The van der Waals surface area contributed by atoms with Crippen molar-refractivity contribution in [2.24, 2.45) is 0 Å². The van der Waals surface area contributed by atoms with Crippen molar-refractivity contribution in [3.63, 3.8) is 0 Å². The van der Waals surface area contributed by atoms with Crippen LogP contribution in [0.3, 0.4) is 0 Å². The van der Waals surface area contributed by atoms with Gasteiger partial charge in [-0.05, 0) is 26.3 Å². The Morgan fingerprint density at radius 3 is 2.43 bits per heavy atom. The molecule has 6 nitrogen and oxygen atoms in total. The average Bonchev–Trinajstić information content (AvgIpc) is 2.52. The molecular weight excluding hydrogens is 294 g/mol. The normalized spacial score (nSPS) is 25.4. The maximum Gasteiger partial charge on any atom is 0.321 e. The van der Waals surface area contributed by atoms with Crippen LogP contribution in [-0.2, 0) is 16.1 Å². The molecule has 0 spiro atoms. The van der Waals surface area contributed by atoms with Gasteiger partial charge in [0.05, 0.1) is 0 Å². The SMILES string of the molecule is C[C@@H]1C[NH+]([C@@H](C)C(=O)NC(=O)NCc2ccccc2)C[C@H](C)O1. The number of hydrogen-bond acceptors (Lipinski definition) is 3.